The lowest BCUT2D eigenvalue weighted by atomic mass is 9.76. The van der Waals surface area contributed by atoms with Crippen LogP contribution >= 0.6 is 0 Å². The fourth-order valence-corrected chi connectivity index (χ4v) is 3.64. The van der Waals surface area contributed by atoms with E-state index in [-0.39, 0.29) is 6.10 Å². The first-order chi connectivity index (χ1) is 10.1. The molecule has 0 aliphatic carbocycles. The summed E-state index contributed by atoms with van der Waals surface area (Å²) < 4.78 is 11.5. The zero-order valence-corrected chi connectivity index (χ0v) is 13.0. The third-order valence-corrected chi connectivity index (χ3v) is 4.93. The van der Waals surface area contributed by atoms with E-state index < -0.39 is 5.60 Å². The molecule has 0 bridgehead atoms. The third kappa shape index (κ3) is 3.24. The van der Waals surface area contributed by atoms with E-state index in [2.05, 4.69) is 26.0 Å². The molecule has 21 heavy (non-hydrogen) atoms. The molecule has 1 saturated heterocycles. The summed E-state index contributed by atoms with van der Waals surface area (Å²) in [5, 5.41) is 11.0. The fourth-order valence-electron chi connectivity index (χ4n) is 3.64. The summed E-state index contributed by atoms with van der Waals surface area (Å²) >= 11 is 0. The second-order valence-electron chi connectivity index (χ2n) is 6.91. The van der Waals surface area contributed by atoms with Crippen molar-refractivity contribution < 1.29 is 14.6 Å². The average Bonchev–Trinajstić information content (AvgIpc) is 2.47. The minimum atomic E-state index is -0.595. The highest BCUT2D eigenvalue weighted by Gasteiger charge is 2.39. The number of benzene rings is 1. The van der Waals surface area contributed by atoms with E-state index in [9.17, 15) is 5.11 Å². The number of fused-ring (bicyclic) bond motifs is 1. The molecule has 3 nitrogen and oxygen atoms in total. The molecule has 0 saturated carbocycles. The van der Waals surface area contributed by atoms with Crippen molar-refractivity contribution in [3.8, 4) is 5.75 Å². The Hall–Kier alpha value is -1.06. The largest absolute Gasteiger partial charge is 0.493 e. The summed E-state index contributed by atoms with van der Waals surface area (Å²) in [4.78, 5) is 0. The van der Waals surface area contributed by atoms with Crippen molar-refractivity contribution in [2.24, 2.45) is 5.92 Å². The van der Waals surface area contributed by atoms with Crippen LogP contribution in [-0.4, -0.2) is 30.0 Å². The van der Waals surface area contributed by atoms with Crippen LogP contribution in [-0.2, 0) is 4.74 Å². The first kappa shape index (κ1) is 14.9. The van der Waals surface area contributed by atoms with Crippen LogP contribution in [0.4, 0.5) is 0 Å². The molecule has 1 aromatic carbocycles. The van der Waals surface area contributed by atoms with E-state index in [0.717, 1.165) is 38.0 Å². The summed E-state index contributed by atoms with van der Waals surface area (Å²) in [6.45, 7) is 5.76. The number of ether oxygens (including phenoxy) is 2. The van der Waals surface area contributed by atoms with Gasteiger partial charge in [0.15, 0.2) is 0 Å². The van der Waals surface area contributed by atoms with E-state index in [1.165, 1.54) is 5.56 Å². The van der Waals surface area contributed by atoms with Crippen LogP contribution in [0.2, 0.25) is 0 Å². The number of hydrogen-bond donors (Lipinski definition) is 1. The van der Waals surface area contributed by atoms with Crippen LogP contribution < -0.4 is 4.74 Å². The molecule has 2 aliphatic heterocycles. The van der Waals surface area contributed by atoms with Crippen LogP contribution in [0.1, 0.15) is 51.0 Å². The summed E-state index contributed by atoms with van der Waals surface area (Å²) in [6.07, 6.45) is 3.49. The minimum absolute atomic E-state index is 0.179. The molecule has 1 fully saturated rings. The second kappa shape index (κ2) is 5.98. The minimum Gasteiger partial charge on any atom is -0.493 e. The van der Waals surface area contributed by atoms with Gasteiger partial charge in [-0.3, -0.25) is 0 Å². The monoisotopic (exact) mass is 290 g/mol. The molecule has 0 radical (unpaired) electrons. The molecule has 1 N–H and O–H groups in total. The van der Waals surface area contributed by atoms with Crippen molar-refractivity contribution in [1.82, 2.24) is 0 Å². The molecular weight excluding hydrogens is 264 g/mol. The van der Waals surface area contributed by atoms with Crippen molar-refractivity contribution >= 4 is 0 Å². The van der Waals surface area contributed by atoms with Crippen LogP contribution in [0.25, 0.3) is 0 Å². The van der Waals surface area contributed by atoms with Gasteiger partial charge in [-0.05, 0) is 42.7 Å². The van der Waals surface area contributed by atoms with Crippen molar-refractivity contribution in [2.75, 3.05) is 13.2 Å². The highest BCUT2D eigenvalue weighted by molar-refractivity contribution is 5.38. The predicted octanol–water partition coefficient (Wildman–Crippen LogP) is 3.51. The van der Waals surface area contributed by atoms with Crippen LogP contribution in [0.15, 0.2) is 24.3 Å². The number of para-hydroxylation sites is 1. The Balaban J connectivity index is 1.74. The van der Waals surface area contributed by atoms with Gasteiger partial charge in [-0.15, -0.1) is 0 Å². The number of hydrogen-bond acceptors (Lipinski definition) is 3. The van der Waals surface area contributed by atoms with E-state index in [4.69, 9.17) is 9.47 Å². The van der Waals surface area contributed by atoms with Crippen LogP contribution in [0, 0.1) is 5.92 Å². The van der Waals surface area contributed by atoms with Gasteiger partial charge in [0, 0.05) is 13.0 Å². The van der Waals surface area contributed by atoms with Crippen LogP contribution in [0.3, 0.4) is 0 Å². The van der Waals surface area contributed by atoms with E-state index >= 15 is 0 Å². The quantitative estimate of drug-likeness (QED) is 0.926. The molecule has 1 aromatic rings. The number of aliphatic hydroxyl groups is 1. The second-order valence-corrected chi connectivity index (χ2v) is 6.91. The maximum absolute atomic E-state index is 11.0. The molecular formula is C18H26O3. The fraction of sp³-hybridized carbons (Fsp3) is 0.667. The molecule has 0 aromatic heterocycles. The molecule has 2 heterocycles. The normalized spacial score (nSPS) is 32.6. The molecule has 3 unspecified atom stereocenters. The maximum atomic E-state index is 11.0. The Morgan fingerprint density at radius 3 is 2.90 bits per heavy atom. The summed E-state index contributed by atoms with van der Waals surface area (Å²) in [5.41, 5.74) is 0.659. The predicted molar refractivity (Wildman–Crippen MR) is 82.7 cm³/mol. The van der Waals surface area contributed by atoms with Gasteiger partial charge in [0.25, 0.3) is 0 Å². The summed E-state index contributed by atoms with van der Waals surface area (Å²) in [5.74, 6) is 1.84. The zero-order valence-electron chi connectivity index (χ0n) is 13.0. The Labute approximate surface area is 127 Å². The van der Waals surface area contributed by atoms with E-state index in [0.29, 0.717) is 18.4 Å². The van der Waals surface area contributed by atoms with Gasteiger partial charge in [-0.2, -0.15) is 0 Å². The van der Waals surface area contributed by atoms with Crippen molar-refractivity contribution in [3.63, 3.8) is 0 Å². The molecule has 2 aliphatic rings. The van der Waals surface area contributed by atoms with Gasteiger partial charge in [-0.25, -0.2) is 0 Å². The standard InChI is InChI=1S/C18H26O3/c1-13(2)17-12-18(19,8-10-21-17)11-14-7-9-20-16-6-4-3-5-15(14)16/h3-6,13-14,17,19H,7-12H2,1-2H3. The Morgan fingerprint density at radius 1 is 1.29 bits per heavy atom. The van der Waals surface area contributed by atoms with Crippen LogP contribution in [0.5, 0.6) is 5.75 Å². The topological polar surface area (TPSA) is 38.7 Å². The molecule has 116 valence electrons. The molecule has 0 spiro atoms. The molecule has 3 heteroatoms. The molecule has 3 rings (SSSR count). The summed E-state index contributed by atoms with van der Waals surface area (Å²) in [6, 6.07) is 8.25. The number of rotatable bonds is 3. The van der Waals surface area contributed by atoms with Gasteiger partial charge in [0.2, 0.25) is 0 Å². The maximum Gasteiger partial charge on any atom is 0.122 e. The third-order valence-electron chi connectivity index (χ3n) is 4.93. The lowest BCUT2D eigenvalue weighted by Gasteiger charge is -2.41. The summed E-state index contributed by atoms with van der Waals surface area (Å²) in [7, 11) is 0. The Kier molecular flexibility index (Phi) is 4.23. The van der Waals surface area contributed by atoms with Gasteiger partial charge >= 0.3 is 0 Å². The lowest BCUT2D eigenvalue weighted by Crippen LogP contribution is -2.44. The zero-order chi connectivity index (χ0) is 14.9. The highest BCUT2D eigenvalue weighted by atomic mass is 16.5. The van der Waals surface area contributed by atoms with Gasteiger partial charge in [0.05, 0.1) is 18.3 Å². The Morgan fingerprint density at radius 2 is 2.10 bits per heavy atom. The van der Waals surface area contributed by atoms with Crippen molar-refractivity contribution in [3.05, 3.63) is 29.8 Å². The van der Waals surface area contributed by atoms with Gasteiger partial charge in [-0.1, -0.05) is 32.0 Å². The smallest absolute Gasteiger partial charge is 0.122 e. The SMILES string of the molecule is CC(C)C1CC(O)(CC2CCOc3ccccc32)CCO1. The van der Waals surface area contributed by atoms with E-state index in [1.807, 2.05) is 12.1 Å². The first-order valence-electron chi connectivity index (χ1n) is 8.13. The van der Waals surface area contributed by atoms with Gasteiger partial charge in [0.1, 0.15) is 5.75 Å². The average molecular weight is 290 g/mol. The highest BCUT2D eigenvalue weighted by Crippen LogP contribution is 2.42. The van der Waals surface area contributed by atoms with E-state index in [1.54, 1.807) is 0 Å². The van der Waals surface area contributed by atoms with Crippen molar-refractivity contribution in [1.29, 1.82) is 0 Å². The molecule has 3 atom stereocenters. The molecule has 0 amide bonds. The first-order valence-corrected chi connectivity index (χ1v) is 8.13. The Bertz CT molecular complexity index is 485. The van der Waals surface area contributed by atoms with Crippen molar-refractivity contribution in [2.45, 2.75) is 57.2 Å². The lowest BCUT2D eigenvalue weighted by molar-refractivity contribution is -0.123. The van der Waals surface area contributed by atoms with Gasteiger partial charge < -0.3 is 14.6 Å².